The van der Waals surface area contributed by atoms with E-state index < -0.39 is 0 Å². The molecule has 0 saturated carbocycles. The Hall–Kier alpha value is -3.06. The maximum Gasteiger partial charge on any atom is 0.224 e. The van der Waals surface area contributed by atoms with Crippen LogP contribution in [0.4, 0.5) is 0 Å². The molecule has 3 rings (SSSR count). The molecule has 0 aliphatic carbocycles. The molecule has 2 aromatic carbocycles. The normalized spacial score (nSPS) is 10.9. The van der Waals surface area contributed by atoms with E-state index in [-0.39, 0.29) is 12.3 Å². The Labute approximate surface area is 153 Å². The molecule has 0 aliphatic heterocycles. The van der Waals surface area contributed by atoms with Gasteiger partial charge in [0.25, 0.3) is 0 Å². The van der Waals surface area contributed by atoms with Crippen LogP contribution in [0.1, 0.15) is 47.6 Å². The second kappa shape index (κ2) is 7.45. The highest BCUT2D eigenvalue weighted by molar-refractivity contribution is 5.88. The number of nitrogens with one attached hydrogen (secondary N) is 1. The molecule has 3 aromatic rings. The summed E-state index contributed by atoms with van der Waals surface area (Å²) < 4.78 is 5.64. The number of nitrogens with zero attached hydrogens (tertiary/aromatic N) is 1. The molecule has 0 bridgehead atoms. The summed E-state index contributed by atoms with van der Waals surface area (Å²) in [5, 5.41) is 12.8. The van der Waals surface area contributed by atoms with Gasteiger partial charge in [-0.1, -0.05) is 26.0 Å². The zero-order valence-corrected chi connectivity index (χ0v) is 15.3. The smallest absolute Gasteiger partial charge is 0.224 e. The van der Waals surface area contributed by atoms with Crippen molar-refractivity contribution in [3.8, 4) is 6.07 Å². The fourth-order valence-corrected chi connectivity index (χ4v) is 3.14. The van der Waals surface area contributed by atoms with Gasteiger partial charge in [-0.2, -0.15) is 5.26 Å². The lowest BCUT2D eigenvalue weighted by Gasteiger charge is -2.10. The van der Waals surface area contributed by atoms with Crippen molar-refractivity contribution in [3.05, 3.63) is 70.5 Å². The van der Waals surface area contributed by atoms with Crippen LogP contribution in [0.25, 0.3) is 11.0 Å². The Balaban J connectivity index is 1.70. The number of rotatable bonds is 5. The van der Waals surface area contributed by atoms with Gasteiger partial charge < -0.3 is 9.73 Å². The highest BCUT2D eigenvalue weighted by Gasteiger charge is 2.14. The van der Waals surface area contributed by atoms with Crippen LogP contribution in [0.15, 0.2) is 47.1 Å². The zero-order valence-electron chi connectivity index (χ0n) is 15.3. The maximum atomic E-state index is 12.3. The molecule has 0 unspecified atom stereocenters. The summed E-state index contributed by atoms with van der Waals surface area (Å²) in [4.78, 5) is 12.3. The van der Waals surface area contributed by atoms with E-state index in [9.17, 15) is 4.79 Å². The predicted octanol–water partition coefficient (Wildman–Crippen LogP) is 4.60. The number of aryl methyl sites for hydroxylation is 1. The lowest BCUT2D eigenvalue weighted by molar-refractivity contribution is -0.120. The second-order valence-corrected chi connectivity index (χ2v) is 6.88. The van der Waals surface area contributed by atoms with Crippen LogP contribution in [0, 0.1) is 18.3 Å². The Morgan fingerprint density at radius 2 is 1.96 bits per heavy atom. The Morgan fingerprint density at radius 3 is 2.62 bits per heavy atom. The first kappa shape index (κ1) is 17.8. The van der Waals surface area contributed by atoms with Crippen LogP contribution in [-0.4, -0.2) is 5.91 Å². The van der Waals surface area contributed by atoms with Gasteiger partial charge in [-0.15, -0.1) is 0 Å². The van der Waals surface area contributed by atoms with Gasteiger partial charge in [-0.3, -0.25) is 4.79 Å². The zero-order chi connectivity index (χ0) is 18.7. The van der Waals surface area contributed by atoms with Gasteiger partial charge in [-0.25, -0.2) is 0 Å². The van der Waals surface area contributed by atoms with E-state index in [1.165, 1.54) is 11.1 Å². The first-order chi connectivity index (χ1) is 12.5. The monoisotopic (exact) mass is 346 g/mol. The molecular formula is C22H22N2O2. The topological polar surface area (TPSA) is 66.0 Å². The molecule has 0 spiro atoms. The van der Waals surface area contributed by atoms with E-state index in [1.807, 2.05) is 18.2 Å². The molecule has 0 fully saturated rings. The fourth-order valence-electron chi connectivity index (χ4n) is 3.14. The van der Waals surface area contributed by atoms with Crippen molar-refractivity contribution in [2.45, 2.75) is 39.7 Å². The van der Waals surface area contributed by atoms with Gasteiger partial charge in [0.05, 0.1) is 24.3 Å². The number of furan rings is 1. The van der Waals surface area contributed by atoms with Crippen LogP contribution in [0.5, 0.6) is 0 Å². The molecule has 132 valence electrons. The highest BCUT2D eigenvalue weighted by Crippen LogP contribution is 2.29. The number of carbonyl (C=O) groups is 1. The molecule has 4 nitrogen and oxygen atoms in total. The largest absolute Gasteiger partial charge is 0.464 e. The molecular weight excluding hydrogens is 324 g/mol. The minimum Gasteiger partial charge on any atom is -0.464 e. The summed E-state index contributed by atoms with van der Waals surface area (Å²) in [5.41, 5.74) is 5.78. The van der Waals surface area contributed by atoms with E-state index in [0.29, 0.717) is 18.0 Å². The van der Waals surface area contributed by atoms with Crippen molar-refractivity contribution in [3.63, 3.8) is 0 Å². The summed E-state index contributed by atoms with van der Waals surface area (Å²) in [6, 6.07) is 13.5. The summed E-state index contributed by atoms with van der Waals surface area (Å²) in [7, 11) is 0. The third kappa shape index (κ3) is 3.78. The van der Waals surface area contributed by atoms with Gasteiger partial charge in [0, 0.05) is 17.5 Å². The number of carbonyl (C=O) groups excluding carboxylic acids is 1. The molecule has 4 heteroatoms. The average Bonchev–Trinajstić information content (AvgIpc) is 3.01. The maximum absolute atomic E-state index is 12.3. The minimum absolute atomic E-state index is 0.0521. The summed E-state index contributed by atoms with van der Waals surface area (Å²) in [6.07, 6.45) is 1.96. The number of hydrogen-bond acceptors (Lipinski definition) is 3. The van der Waals surface area contributed by atoms with Crippen molar-refractivity contribution in [1.29, 1.82) is 5.26 Å². The Kier molecular flexibility index (Phi) is 5.09. The van der Waals surface area contributed by atoms with Crippen LogP contribution >= 0.6 is 0 Å². The quantitative estimate of drug-likeness (QED) is 0.734. The second-order valence-electron chi connectivity index (χ2n) is 6.88. The van der Waals surface area contributed by atoms with E-state index in [0.717, 1.165) is 22.1 Å². The molecule has 0 aliphatic rings. The molecule has 0 saturated heterocycles. The molecule has 1 amide bonds. The van der Waals surface area contributed by atoms with Gasteiger partial charge in [0.15, 0.2) is 0 Å². The molecule has 26 heavy (non-hydrogen) atoms. The van der Waals surface area contributed by atoms with Gasteiger partial charge in [-0.05, 0) is 53.8 Å². The summed E-state index contributed by atoms with van der Waals surface area (Å²) >= 11 is 0. The summed E-state index contributed by atoms with van der Waals surface area (Å²) in [5.74, 6) is 0.371. The third-order valence-corrected chi connectivity index (χ3v) is 4.59. The molecule has 0 radical (unpaired) electrons. The number of amides is 1. The molecule has 1 aromatic heterocycles. The average molecular weight is 346 g/mol. The standard InChI is InChI=1S/C22H22N2O2/c1-14(2)19-10-20-18(13-26-21(20)8-15(19)3)9-22(25)24-12-17-6-4-16(11-23)5-7-17/h4-8,10,13-14H,9,12H2,1-3H3,(H,24,25). The highest BCUT2D eigenvalue weighted by atomic mass is 16.3. The lowest BCUT2D eigenvalue weighted by atomic mass is 9.95. The fraction of sp³-hybridized carbons (Fsp3) is 0.273. The number of fused-ring (bicyclic) bond motifs is 1. The van der Waals surface area contributed by atoms with Crippen molar-refractivity contribution in [2.75, 3.05) is 0 Å². The van der Waals surface area contributed by atoms with Crippen molar-refractivity contribution >= 4 is 16.9 Å². The van der Waals surface area contributed by atoms with E-state index in [4.69, 9.17) is 9.68 Å². The molecule has 1 heterocycles. The van der Waals surface area contributed by atoms with Crippen molar-refractivity contribution < 1.29 is 9.21 Å². The lowest BCUT2D eigenvalue weighted by Crippen LogP contribution is -2.24. The van der Waals surface area contributed by atoms with E-state index in [2.05, 4.69) is 38.2 Å². The van der Waals surface area contributed by atoms with Crippen LogP contribution in [0.3, 0.4) is 0 Å². The first-order valence-electron chi connectivity index (χ1n) is 8.74. The van der Waals surface area contributed by atoms with Crippen LogP contribution in [0.2, 0.25) is 0 Å². The van der Waals surface area contributed by atoms with Crippen molar-refractivity contribution in [2.24, 2.45) is 0 Å². The van der Waals surface area contributed by atoms with Gasteiger partial charge >= 0.3 is 0 Å². The third-order valence-electron chi connectivity index (χ3n) is 4.59. The van der Waals surface area contributed by atoms with Gasteiger partial charge in [0.2, 0.25) is 5.91 Å². The number of benzene rings is 2. The van der Waals surface area contributed by atoms with Crippen LogP contribution in [-0.2, 0) is 17.8 Å². The SMILES string of the molecule is Cc1cc2occ(CC(=O)NCc3ccc(C#N)cc3)c2cc1C(C)C. The summed E-state index contributed by atoms with van der Waals surface area (Å²) in [6.45, 7) is 6.86. The predicted molar refractivity (Wildman–Crippen MR) is 102 cm³/mol. The Bertz CT molecular complexity index is 976. The molecule has 1 N–H and O–H groups in total. The van der Waals surface area contributed by atoms with Gasteiger partial charge in [0.1, 0.15) is 5.58 Å². The first-order valence-corrected chi connectivity index (χ1v) is 8.74. The Morgan fingerprint density at radius 1 is 1.23 bits per heavy atom. The van der Waals surface area contributed by atoms with Crippen LogP contribution < -0.4 is 5.32 Å². The van der Waals surface area contributed by atoms with Crippen molar-refractivity contribution in [1.82, 2.24) is 5.32 Å². The molecule has 0 atom stereocenters. The minimum atomic E-state index is -0.0521. The number of nitriles is 1. The van der Waals surface area contributed by atoms with E-state index >= 15 is 0 Å². The van der Waals surface area contributed by atoms with E-state index in [1.54, 1.807) is 18.4 Å². The number of hydrogen-bond donors (Lipinski definition) is 1.